The Kier molecular flexibility index (Phi) is 6.94. The van der Waals surface area contributed by atoms with Crippen LogP contribution in [0.4, 0.5) is 5.69 Å². The maximum Gasteiger partial charge on any atom is 0.262 e. The highest BCUT2D eigenvalue weighted by Gasteiger charge is 2.16. The summed E-state index contributed by atoms with van der Waals surface area (Å²) in [6.45, 7) is 8.55. The molecule has 2 aromatic rings. The fraction of sp³-hybridized carbons (Fsp3) is 0.381. The van der Waals surface area contributed by atoms with Crippen LogP contribution in [-0.4, -0.2) is 18.8 Å². The number of hydrogen-bond acceptors (Lipinski definition) is 3. The number of carbonyl (C=O) groups excluding carboxylic acids is 1. The van der Waals surface area contributed by atoms with Gasteiger partial charge in [-0.1, -0.05) is 45.9 Å². The van der Waals surface area contributed by atoms with Crippen LogP contribution in [0.5, 0.6) is 5.75 Å². The molecule has 0 aliphatic heterocycles. The van der Waals surface area contributed by atoms with E-state index in [1.54, 1.807) is 11.8 Å². The molecule has 0 saturated heterocycles. The molecule has 0 aliphatic carbocycles. The summed E-state index contributed by atoms with van der Waals surface area (Å²) < 4.78 is 5.62. The Morgan fingerprint density at radius 2 is 1.56 bits per heavy atom. The van der Waals surface area contributed by atoms with E-state index in [-0.39, 0.29) is 12.5 Å². The van der Waals surface area contributed by atoms with Crippen molar-refractivity contribution < 1.29 is 9.53 Å². The van der Waals surface area contributed by atoms with Gasteiger partial charge in [0.1, 0.15) is 5.75 Å². The van der Waals surface area contributed by atoms with Crippen LogP contribution in [0.1, 0.15) is 50.7 Å². The Bertz CT molecular complexity index is 682. The quantitative estimate of drug-likeness (QED) is 0.649. The maximum atomic E-state index is 12.4. The van der Waals surface area contributed by atoms with Crippen LogP contribution in [0, 0.1) is 0 Å². The maximum absolute atomic E-state index is 12.4. The second-order valence-corrected chi connectivity index (χ2v) is 7.51. The van der Waals surface area contributed by atoms with E-state index in [0.717, 1.165) is 16.8 Å². The molecule has 1 N–H and O–H groups in total. The van der Waals surface area contributed by atoms with E-state index in [1.165, 1.54) is 4.90 Å². The number of para-hydroxylation sites is 1. The van der Waals surface area contributed by atoms with Gasteiger partial charge in [0.05, 0.1) is 0 Å². The van der Waals surface area contributed by atoms with Crippen molar-refractivity contribution in [2.75, 3.05) is 18.2 Å². The van der Waals surface area contributed by atoms with E-state index in [9.17, 15) is 4.79 Å². The van der Waals surface area contributed by atoms with E-state index >= 15 is 0 Å². The summed E-state index contributed by atoms with van der Waals surface area (Å²) in [7, 11) is 0. The zero-order valence-electron chi connectivity index (χ0n) is 15.6. The molecule has 0 saturated carbocycles. The molecule has 25 heavy (non-hydrogen) atoms. The average molecular weight is 358 g/mol. The molecule has 0 atom stereocenters. The van der Waals surface area contributed by atoms with Crippen molar-refractivity contribution in [3.05, 3.63) is 53.6 Å². The summed E-state index contributed by atoms with van der Waals surface area (Å²) in [5.74, 6) is 1.25. The first-order chi connectivity index (χ1) is 11.9. The van der Waals surface area contributed by atoms with Crippen LogP contribution in [0.3, 0.4) is 0 Å². The molecule has 1 amide bonds. The van der Waals surface area contributed by atoms with Gasteiger partial charge in [-0.3, -0.25) is 4.79 Å². The zero-order valence-corrected chi connectivity index (χ0v) is 16.4. The van der Waals surface area contributed by atoms with Gasteiger partial charge in [0.25, 0.3) is 5.91 Å². The van der Waals surface area contributed by atoms with Crippen LogP contribution < -0.4 is 10.1 Å². The Hall–Kier alpha value is -1.94. The molecule has 134 valence electrons. The number of nitrogens with one attached hydrogen (secondary N) is 1. The molecular weight excluding hydrogens is 330 g/mol. The van der Waals surface area contributed by atoms with Gasteiger partial charge < -0.3 is 10.1 Å². The number of rotatable bonds is 7. The van der Waals surface area contributed by atoms with Gasteiger partial charge in [-0.25, -0.2) is 0 Å². The molecule has 3 nitrogen and oxygen atoms in total. The molecular formula is C21H27NO2S. The molecule has 0 bridgehead atoms. The minimum atomic E-state index is -0.135. The first-order valence-corrected chi connectivity index (χ1v) is 9.84. The third kappa shape index (κ3) is 5.27. The number of ether oxygens (including phenoxy) is 1. The monoisotopic (exact) mass is 357 g/mol. The van der Waals surface area contributed by atoms with Gasteiger partial charge in [-0.2, -0.15) is 0 Å². The second-order valence-electron chi connectivity index (χ2n) is 6.63. The molecule has 2 rings (SSSR count). The molecule has 0 unspecified atom stereocenters. The Morgan fingerprint density at radius 3 is 2.04 bits per heavy atom. The lowest BCUT2D eigenvalue weighted by molar-refractivity contribution is -0.118. The molecule has 0 radical (unpaired) electrons. The van der Waals surface area contributed by atoms with Crippen molar-refractivity contribution in [1.82, 2.24) is 0 Å². The third-order valence-electron chi connectivity index (χ3n) is 4.07. The smallest absolute Gasteiger partial charge is 0.262 e. The highest BCUT2D eigenvalue weighted by atomic mass is 32.2. The molecule has 0 fully saturated rings. The van der Waals surface area contributed by atoms with E-state index in [0.29, 0.717) is 17.6 Å². The molecule has 0 heterocycles. The molecule has 0 spiro atoms. The normalized spacial score (nSPS) is 11.0. The third-order valence-corrected chi connectivity index (χ3v) is 4.81. The van der Waals surface area contributed by atoms with E-state index in [2.05, 4.69) is 51.2 Å². The van der Waals surface area contributed by atoms with Crippen molar-refractivity contribution in [3.63, 3.8) is 0 Å². The van der Waals surface area contributed by atoms with Crippen LogP contribution in [0.25, 0.3) is 0 Å². The molecule has 0 aromatic heterocycles. The van der Waals surface area contributed by atoms with Crippen molar-refractivity contribution in [1.29, 1.82) is 0 Å². The van der Waals surface area contributed by atoms with Gasteiger partial charge in [0.15, 0.2) is 6.61 Å². The van der Waals surface area contributed by atoms with Gasteiger partial charge in [0, 0.05) is 10.6 Å². The number of amides is 1. The number of thioether (sulfide) groups is 1. The predicted octanol–water partition coefficient (Wildman–Crippen LogP) is 5.67. The van der Waals surface area contributed by atoms with Gasteiger partial charge >= 0.3 is 0 Å². The Morgan fingerprint density at radius 1 is 1.00 bits per heavy atom. The summed E-state index contributed by atoms with van der Waals surface area (Å²) in [5.41, 5.74) is 3.24. The van der Waals surface area contributed by atoms with Crippen LogP contribution in [0.2, 0.25) is 0 Å². The first kappa shape index (κ1) is 19.4. The summed E-state index contributed by atoms with van der Waals surface area (Å²) in [6, 6.07) is 14.0. The van der Waals surface area contributed by atoms with Gasteiger partial charge in [-0.15, -0.1) is 11.8 Å². The standard InChI is InChI=1S/C21H27NO2S/c1-14(2)18-7-6-8-19(15(3)4)21(18)22-20(23)13-24-16-9-11-17(25-5)12-10-16/h6-12,14-15H,13H2,1-5H3,(H,22,23). The lowest BCUT2D eigenvalue weighted by atomic mass is 9.92. The summed E-state index contributed by atoms with van der Waals surface area (Å²) in [4.78, 5) is 13.6. The molecule has 0 aliphatic rings. The average Bonchev–Trinajstić information content (AvgIpc) is 2.60. The highest BCUT2D eigenvalue weighted by molar-refractivity contribution is 7.98. The predicted molar refractivity (Wildman–Crippen MR) is 107 cm³/mol. The minimum Gasteiger partial charge on any atom is -0.484 e. The van der Waals surface area contributed by atoms with E-state index in [4.69, 9.17) is 4.74 Å². The van der Waals surface area contributed by atoms with Gasteiger partial charge in [0.2, 0.25) is 0 Å². The lowest BCUT2D eigenvalue weighted by Gasteiger charge is -2.20. The number of hydrogen-bond donors (Lipinski definition) is 1. The lowest BCUT2D eigenvalue weighted by Crippen LogP contribution is -2.22. The van der Waals surface area contributed by atoms with Crippen LogP contribution in [0.15, 0.2) is 47.4 Å². The zero-order chi connectivity index (χ0) is 18.4. The Labute approximate surface area is 155 Å². The van der Waals surface area contributed by atoms with Crippen LogP contribution in [-0.2, 0) is 4.79 Å². The number of carbonyl (C=O) groups is 1. The topological polar surface area (TPSA) is 38.3 Å². The SMILES string of the molecule is CSc1ccc(OCC(=O)Nc2c(C(C)C)cccc2C(C)C)cc1. The van der Waals surface area contributed by atoms with E-state index < -0.39 is 0 Å². The number of anilines is 1. The Balaban J connectivity index is 2.08. The summed E-state index contributed by atoms with van der Waals surface area (Å²) in [6.07, 6.45) is 2.03. The van der Waals surface area contributed by atoms with Crippen LogP contribution >= 0.6 is 11.8 Å². The van der Waals surface area contributed by atoms with Crippen molar-refractivity contribution in [2.45, 2.75) is 44.4 Å². The largest absolute Gasteiger partial charge is 0.484 e. The van der Waals surface area contributed by atoms with Gasteiger partial charge in [-0.05, 0) is 53.5 Å². The summed E-state index contributed by atoms with van der Waals surface area (Å²) >= 11 is 1.68. The van der Waals surface area contributed by atoms with Crippen molar-refractivity contribution in [2.24, 2.45) is 0 Å². The molecule has 2 aromatic carbocycles. The fourth-order valence-corrected chi connectivity index (χ4v) is 3.10. The minimum absolute atomic E-state index is 0.00256. The fourth-order valence-electron chi connectivity index (χ4n) is 2.69. The highest BCUT2D eigenvalue weighted by Crippen LogP contribution is 2.32. The molecule has 4 heteroatoms. The second kappa shape index (κ2) is 8.95. The van der Waals surface area contributed by atoms with Crippen molar-refractivity contribution in [3.8, 4) is 5.75 Å². The van der Waals surface area contributed by atoms with E-state index in [1.807, 2.05) is 30.5 Å². The van der Waals surface area contributed by atoms with Crippen molar-refractivity contribution >= 4 is 23.4 Å². The summed E-state index contributed by atoms with van der Waals surface area (Å²) in [5, 5.41) is 3.07. The first-order valence-electron chi connectivity index (χ1n) is 8.61. The number of benzene rings is 2.